The summed E-state index contributed by atoms with van der Waals surface area (Å²) in [5.41, 5.74) is 4.14. The highest BCUT2D eigenvalue weighted by atomic mass is 35.5. The minimum atomic E-state index is -0.538. The maximum atomic E-state index is 13.8. The Kier molecular flexibility index (Phi) is 10.7. The van der Waals surface area contributed by atoms with Gasteiger partial charge in [0.2, 0.25) is 0 Å². The van der Waals surface area contributed by atoms with Crippen LogP contribution in [0.1, 0.15) is 68.3 Å². The zero-order chi connectivity index (χ0) is 32.9. The van der Waals surface area contributed by atoms with Crippen molar-refractivity contribution in [1.29, 1.82) is 0 Å². The van der Waals surface area contributed by atoms with Crippen molar-refractivity contribution in [2.24, 2.45) is 0 Å². The van der Waals surface area contributed by atoms with E-state index < -0.39 is 5.60 Å². The number of aromatic nitrogens is 4. The van der Waals surface area contributed by atoms with E-state index in [1.165, 1.54) is 0 Å². The van der Waals surface area contributed by atoms with E-state index in [9.17, 15) is 9.59 Å². The molecule has 4 rings (SSSR count). The van der Waals surface area contributed by atoms with Crippen molar-refractivity contribution in [3.05, 3.63) is 70.1 Å². The summed E-state index contributed by atoms with van der Waals surface area (Å²) in [5, 5.41) is 5.51. The Bertz CT molecular complexity index is 1680. The summed E-state index contributed by atoms with van der Waals surface area (Å²) in [6.45, 7) is 13.7. The molecule has 0 N–H and O–H groups in total. The maximum absolute atomic E-state index is 13.8. The highest BCUT2D eigenvalue weighted by Gasteiger charge is 2.22. The second-order valence-corrected chi connectivity index (χ2v) is 12.5. The summed E-state index contributed by atoms with van der Waals surface area (Å²) in [7, 11) is 3.48. The number of hydrogen-bond donors (Lipinski definition) is 0. The van der Waals surface area contributed by atoms with Crippen LogP contribution in [0.2, 0.25) is 5.02 Å². The summed E-state index contributed by atoms with van der Waals surface area (Å²) in [4.78, 5) is 38.8. The summed E-state index contributed by atoms with van der Waals surface area (Å²) in [6.07, 6.45) is 2.82. The normalized spacial score (nSPS) is 11.5. The van der Waals surface area contributed by atoms with Crippen molar-refractivity contribution in [2.75, 3.05) is 27.2 Å². The SMILES string of the molecule is CCc1cc(-c2nc(C(=O)N(C)Cc3cnn(CC)c3C)c3cc(Cl)ccc3n2)ccc1OCCCN(C)C(=O)OC(C)(C)C. The summed E-state index contributed by atoms with van der Waals surface area (Å²) in [5.74, 6) is 0.964. The lowest BCUT2D eigenvalue weighted by Crippen LogP contribution is -2.35. The van der Waals surface area contributed by atoms with Gasteiger partial charge in [0.1, 0.15) is 17.0 Å². The maximum Gasteiger partial charge on any atom is 0.410 e. The highest BCUT2D eigenvalue weighted by molar-refractivity contribution is 6.31. The number of carbonyl (C=O) groups is 2. The molecule has 2 heterocycles. The fourth-order valence-corrected chi connectivity index (χ4v) is 5.08. The number of halogens is 1. The number of ether oxygens (including phenoxy) is 2. The molecule has 0 spiro atoms. The lowest BCUT2D eigenvalue weighted by Gasteiger charge is -2.24. The number of nitrogens with zero attached hydrogens (tertiary/aromatic N) is 6. The van der Waals surface area contributed by atoms with Gasteiger partial charge in [-0.1, -0.05) is 18.5 Å². The van der Waals surface area contributed by atoms with Gasteiger partial charge in [-0.3, -0.25) is 9.48 Å². The van der Waals surface area contributed by atoms with Gasteiger partial charge in [0.15, 0.2) is 5.82 Å². The van der Waals surface area contributed by atoms with Crippen LogP contribution in [-0.2, 0) is 24.2 Å². The minimum absolute atomic E-state index is 0.235. The minimum Gasteiger partial charge on any atom is -0.493 e. The molecule has 10 nitrogen and oxygen atoms in total. The van der Waals surface area contributed by atoms with Crippen LogP contribution in [-0.4, -0.2) is 74.4 Å². The smallest absolute Gasteiger partial charge is 0.410 e. The lowest BCUT2D eigenvalue weighted by molar-refractivity contribution is 0.0292. The van der Waals surface area contributed by atoms with Gasteiger partial charge in [-0.25, -0.2) is 14.8 Å². The topological polar surface area (TPSA) is 103 Å². The lowest BCUT2D eigenvalue weighted by atomic mass is 10.1. The Hall–Kier alpha value is -4.18. The average molecular weight is 635 g/mol. The first kappa shape index (κ1) is 33.7. The van der Waals surface area contributed by atoms with E-state index in [-0.39, 0.29) is 17.7 Å². The largest absolute Gasteiger partial charge is 0.493 e. The van der Waals surface area contributed by atoms with Crippen molar-refractivity contribution in [3.8, 4) is 17.1 Å². The van der Waals surface area contributed by atoms with Gasteiger partial charge in [-0.05, 0) is 89.4 Å². The van der Waals surface area contributed by atoms with Gasteiger partial charge >= 0.3 is 6.09 Å². The molecule has 0 atom stereocenters. The molecule has 240 valence electrons. The van der Waals surface area contributed by atoms with Crippen LogP contribution in [0.3, 0.4) is 0 Å². The molecule has 0 fully saturated rings. The highest BCUT2D eigenvalue weighted by Crippen LogP contribution is 2.29. The van der Waals surface area contributed by atoms with Crippen LogP contribution in [0.4, 0.5) is 4.79 Å². The third-order valence-electron chi connectivity index (χ3n) is 7.42. The van der Waals surface area contributed by atoms with Crippen LogP contribution in [0.5, 0.6) is 5.75 Å². The van der Waals surface area contributed by atoms with Gasteiger partial charge < -0.3 is 19.3 Å². The molecule has 0 aliphatic carbocycles. The van der Waals surface area contributed by atoms with Gasteiger partial charge in [0.05, 0.1) is 18.3 Å². The van der Waals surface area contributed by atoms with Gasteiger partial charge in [0, 0.05) is 61.0 Å². The third kappa shape index (κ3) is 8.30. The van der Waals surface area contributed by atoms with Gasteiger partial charge in [-0.15, -0.1) is 0 Å². The quantitative estimate of drug-likeness (QED) is 0.165. The summed E-state index contributed by atoms with van der Waals surface area (Å²) >= 11 is 6.34. The number of aryl methyl sites for hydroxylation is 2. The summed E-state index contributed by atoms with van der Waals surface area (Å²) < 4.78 is 13.4. The van der Waals surface area contributed by atoms with Gasteiger partial charge in [-0.2, -0.15) is 5.10 Å². The third-order valence-corrected chi connectivity index (χ3v) is 7.65. The van der Waals surface area contributed by atoms with E-state index in [0.717, 1.165) is 41.1 Å². The standard InChI is InChI=1S/C34H43ClN6O4/c1-9-23-18-24(12-15-29(23)44-17-11-16-39(7)33(43)45-34(4,5)6)31-37-28-14-13-26(35)19-27(28)30(38-31)32(42)40(8)21-25-20-36-41(10-2)22(25)3/h12-15,18-20H,9-11,16-17,21H2,1-8H3. The molecule has 0 aliphatic rings. The molecule has 0 bridgehead atoms. The Labute approximate surface area is 270 Å². The molecule has 2 aromatic heterocycles. The fourth-order valence-electron chi connectivity index (χ4n) is 4.91. The molecule has 2 amide bonds. The molecule has 45 heavy (non-hydrogen) atoms. The molecular weight excluding hydrogens is 592 g/mol. The van der Waals surface area contributed by atoms with Crippen molar-refractivity contribution < 1.29 is 19.1 Å². The molecular formula is C34H43ClN6O4. The molecule has 0 unspecified atom stereocenters. The van der Waals surface area contributed by atoms with Crippen molar-refractivity contribution in [1.82, 2.24) is 29.5 Å². The van der Waals surface area contributed by atoms with Crippen molar-refractivity contribution >= 4 is 34.5 Å². The Balaban J connectivity index is 1.55. The molecule has 4 aromatic rings. The fraction of sp³-hybridized carbons (Fsp3) is 0.441. The van der Waals surface area contributed by atoms with E-state index in [2.05, 4.69) is 12.0 Å². The summed E-state index contributed by atoms with van der Waals surface area (Å²) in [6, 6.07) is 11.1. The molecule has 2 aromatic carbocycles. The number of amides is 2. The van der Waals surface area contributed by atoms with Gasteiger partial charge in [0.25, 0.3) is 5.91 Å². The first-order valence-corrected chi connectivity index (χ1v) is 15.6. The van der Waals surface area contributed by atoms with E-state index in [1.807, 2.05) is 63.6 Å². The average Bonchev–Trinajstić information content (AvgIpc) is 3.35. The van der Waals surface area contributed by atoms with Crippen LogP contribution >= 0.6 is 11.6 Å². The Morgan fingerprint density at radius 1 is 1.00 bits per heavy atom. The van der Waals surface area contributed by atoms with E-state index in [1.54, 1.807) is 42.2 Å². The predicted octanol–water partition coefficient (Wildman–Crippen LogP) is 6.95. The van der Waals surface area contributed by atoms with E-state index in [4.69, 9.17) is 31.0 Å². The number of benzene rings is 2. The Morgan fingerprint density at radius 2 is 1.76 bits per heavy atom. The van der Waals surface area contributed by atoms with Crippen molar-refractivity contribution in [3.63, 3.8) is 0 Å². The first-order valence-electron chi connectivity index (χ1n) is 15.3. The number of hydrogen-bond acceptors (Lipinski definition) is 7. The second-order valence-electron chi connectivity index (χ2n) is 12.1. The van der Waals surface area contributed by atoms with E-state index >= 15 is 0 Å². The second kappa shape index (κ2) is 14.3. The molecule has 0 saturated heterocycles. The van der Waals surface area contributed by atoms with Crippen molar-refractivity contribution in [2.45, 2.75) is 73.1 Å². The van der Waals surface area contributed by atoms with Crippen LogP contribution in [0.25, 0.3) is 22.3 Å². The van der Waals surface area contributed by atoms with E-state index in [0.29, 0.717) is 47.9 Å². The first-order chi connectivity index (χ1) is 21.3. The monoisotopic (exact) mass is 634 g/mol. The molecule has 0 radical (unpaired) electrons. The molecule has 0 aliphatic heterocycles. The number of rotatable bonds is 11. The van der Waals surface area contributed by atoms with Crippen LogP contribution in [0, 0.1) is 6.92 Å². The number of carbonyl (C=O) groups excluding carboxylic acids is 2. The predicted molar refractivity (Wildman–Crippen MR) is 177 cm³/mol. The Morgan fingerprint density at radius 3 is 2.42 bits per heavy atom. The van der Waals surface area contributed by atoms with Crippen LogP contribution in [0.15, 0.2) is 42.6 Å². The zero-order valence-corrected chi connectivity index (χ0v) is 28.2. The molecule has 0 saturated carbocycles. The van der Waals surface area contributed by atoms with Crippen LogP contribution < -0.4 is 4.74 Å². The molecule has 11 heteroatoms. The zero-order valence-electron chi connectivity index (χ0n) is 27.5. The number of fused-ring (bicyclic) bond motifs is 1.